The summed E-state index contributed by atoms with van der Waals surface area (Å²) < 4.78 is 20.3. The van der Waals surface area contributed by atoms with E-state index in [9.17, 15) is 23.9 Å². The number of nitrogens with zero attached hydrogens (tertiary/aromatic N) is 2. The smallest absolute Gasteiger partial charge is 0.256 e. The Morgan fingerprint density at radius 3 is 2.50 bits per heavy atom. The molecule has 4 atom stereocenters. The van der Waals surface area contributed by atoms with E-state index in [0.717, 1.165) is 16.7 Å². The molecular formula is C33H34FN3O5. The van der Waals surface area contributed by atoms with Gasteiger partial charge in [0.25, 0.3) is 17.7 Å². The molecule has 0 radical (unpaired) electrons. The lowest BCUT2D eigenvalue weighted by molar-refractivity contribution is -0.148. The standard InChI is InChI=1S/C33H34FN3O5/c1-20-11-8-9-14-24(20)18-37-31(40)22(3)29-33(37,4)42-19-36(29)32(41)28(38)27(17-23-12-6-5-7-13-23)35-30(39)25-15-10-16-26(34)21(25)2/h5-16,27-29,38H,3,17-19H2,1-2,4H3,(H,35,39)/t27-,28-,29+,33?/m0/s1. The van der Waals surface area contributed by atoms with Crippen molar-refractivity contribution >= 4 is 17.7 Å². The number of benzene rings is 3. The molecule has 3 aromatic carbocycles. The van der Waals surface area contributed by atoms with Crippen molar-refractivity contribution in [3.8, 4) is 0 Å². The minimum absolute atomic E-state index is 0.103. The Hall–Kier alpha value is -4.34. The molecule has 1 unspecified atom stereocenters. The summed E-state index contributed by atoms with van der Waals surface area (Å²) in [4.78, 5) is 43.4. The topological polar surface area (TPSA) is 99.2 Å². The molecule has 3 aromatic rings. The van der Waals surface area contributed by atoms with E-state index >= 15 is 0 Å². The monoisotopic (exact) mass is 571 g/mol. The quantitative estimate of drug-likeness (QED) is 0.403. The number of aryl methyl sites for hydroxylation is 1. The largest absolute Gasteiger partial charge is 0.381 e. The molecule has 2 fully saturated rings. The molecule has 0 bridgehead atoms. The second-order valence-corrected chi connectivity index (χ2v) is 11.0. The maximum atomic E-state index is 14.2. The minimum atomic E-state index is -1.69. The van der Waals surface area contributed by atoms with Crippen LogP contribution in [0.15, 0.2) is 84.9 Å². The summed E-state index contributed by atoms with van der Waals surface area (Å²) in [5.41, 5.74) is 1.98. The zero-order valence-electron chi connectivity index (χ0n) is 23.8. The molecule has 42 heavy (non-hydrogen) atoms. The summed E-state index contributed by atoms with van der Waals surface area (Å²) in [6.07, 6.45) is -1.56. The van der Waals surface area contributed by atoms with Crippen LogP contribution in [0.1, 0.15) is 39.5 Å². The van der Waals surface area contributed by atoms with Gasteiger partial charge in [-0.05, 0) is 61.6 Å². The molecule has 2 heterocycles. The van der Waals surface area contributed by atoms with Gasteiger partial charge in [0.05, 0.1) is 6.04 Å². The van der Waals surface area contributed by atoms with Gasteiger partial charge < -0.3 is 25.0 Å². The van der Waals surface area contributed by atoms with Gasteiger partial charge in [-0.25, -0.2) is 4.39 Å². The summed E-state index contributed by atoms with van der Waals surface area (Å²) >= 11 is 0. The lowest BCUT2D eigenvalue weighted by Gasteiger charge is -2.34. The van der Waals surface area contributed by atoms with E-state index in [1.807, 2.05) is 61.5 Å². The van der Waals surface area contributed by atoms with Crippen molar-refractivity contribution in [2.24, 2.45) is 0 Å². The van der Waals surface area contributed by atoms with Gasteiger partial charge in [0.2, 0.25) is 0 Å². The number of halogens is 1. The van der Waals surface area contributed by atoms with Crippen molar-refractivity contribution in [2.75, 3.05) is 6.73 Å². The van der Waals surface area contributed by atoms with E-state index in [-0.39, 0.29) is 42.3 Å². The van der Waals surface area contributed by atoms with Crippen molar-refractivity contribution in [2.45, 2.75) is 57.6 Å². The number of aliphatic hydroxyl groups excluding tert-OH is 1. The van der Waals surface area contributed by atoms with Crippen LogP contribution in [-0.2, 0) is 27.3 Å². The maximum absolute atomic E-state index is 14.2. The Morgan fingerprint density at radius 2 is 1.79 bits per heavy atom. The molecule has 0 spiro atoms. The van der Waals surface area contributed by atoms with Gasteiger partial charge in [0, 0.05) is 17.7 Å². The first-order valence-electron chi connectivity index (χ1n) is 13.8. The van der Waals surface area contributed by atoms with E-state index in [0.29, 0.717) is 0 Å². The second kappa shape index (κ2) is 11.5. The molecule has 0 aromatic heterocycles. The fraction of sp³-hybridized carbons (Fsp3) is 0.303. The highest BCUT2D eigenvalue weighted by Gasteiger charge is 2.61. The van der Waals surface area contributed by atoms with Gasteiger partial charge in [0.1, 0.15) is 18.6 Å². The Kier molecular flexibility index (Phi) is 7.99. The fourth-order valence-electron chi connectivity index (χ4n) is 5.80. The molecule has 9 heteroatoms. The van der Waals surface area contributed by atoms with Crippen molar-refractivity contribution < 1.29 is 28.6 Å². The van der Waals surface area contributed by atoms with Crippen molar-refractivity contribution in [1.29, 1.82) is 0 Å². The van der Waals surface area contributed by atoms with Crippen molar-refractivity contribution in [3.05, 3.63) is 119 Å². The van der Waals surface area contributed by atoms with E-state index in [4.69, 9.17) is 4.74 Å². The lowest BCUT2D eigenvalue weighted by atomic mass is 9.97. The summed E-state index contributed by atoms with van der Waals surface area (Å²) in [7, 11) is 0. The normalized spacial score (nSPS) is 21.3. The van der Waals surface area contributed by atoms with Crippen LogP contribution >= 0.6 is 0 Å². The number of carbonyl (C=O) groups is 3. The highest BCUT2D eigenvalue weighted by atomic mass is 19.1. The van der Waals surface area contributed by atoms with Gasteiger partial charge in [-0.15, -0.1) is 0 Å². The third-order valence-corrected chi connectivity index (χ3v) is 8.33. The predicted molar refractivity (Wildman–Crippen MR) is 154 cm³/mol. The van der Waals surface area contributed by atoms with Crippen molar-refractivity contribution in [3.63, 3.8) is 0 Å². The van der Waals surface area contributed by atoms with Crippen LogP contribution in [-0.4, -0.2) is 63.3 Å². The van der Waals surface area contributed by atoms with Gasteiger partial charge in [-0.2, -0.15) is 0 Å². The molecule has 2 N–H and O–H groups in total. The number of hydrogen-bond donors (Lipinski definition) is 2. The zero-order chi connectivity index (χ0) is 30.2. The summed E-state index contributed by atoms with van der Waals surface area (Å²) in [6, 6.07) is 19.1. The van der Waals surface area contributed by atoms with Gasteiger partial charge >= 0.3 is 0 Å². The number of ether oxygens (including phenoxy) is 1. The van der Waals surface area contributed by atoms with Gasteiger partial charge in [-0.3, -0.25) is 14.4 Å². The Morgan fingerprint density at radius 1 is 1.10 bits per heavy atom. The number of carbonyl (C=O) groups excluding carboxylic acids is 3. The third kappa shape index (κ3) is 5.21. The first kappa shape index (κ1) is 29.2. The summed E-state index contributed by atoms with van der Waals surface area (Å²) in [5, 5.41) is 14.2. The fourth-order valence-corrected chi connectivity index (χ4v) is 5.80. The van der Waals surface area contributed by atoms with E-state index in [1.165, 1.54) is 30.0 Å². The van der Waals surface area contributed by atoms with E-state index in [2.05, 4.69) is 11.9 Å². The average Bonchev–Trinajstić information content (AvgIpc) is 3.42. The molecule has 218 valence electrons. The number of amides is 3. The molecule has 0 saturated carbocycles. The molecule has 2 saturated heterocycles. The van der Waals surface area contributed by atoms with E-state index in [1.54, 1.807) is 11.8 Å². The van der Waals surface area contributed by atoms with Crippen molar-refractivity contribution in [1.82, 2.24) is 15.1 Å². The number of hydrogen-bond acceptors (Lipinski definition) is 5. The molecule has 0 aliphatic carbocycles. The second-order valence-electron chi connectivity index (χ2n) is 11.0. The highest BCUT2D eigenvalue weighted by Crippen LogP contribution is 2.43. The lowest BCUT2D eigenvalue weighted by Crippen LogP contribution is -2.56. The summed E-state index contributed by atoms with van der Waals surface area (Å²) in [5.74, 6) is -2.21. The van der Waals surface area contributed by atoms with Crippen LogP contribution in [0.3, 0.4) is 0 Å². The third-order valence-electron chi connectivity index (χ3n) is 8.33. The van der Waals surface area contributed by atoms with Gasteiger partial charge in [0.15, 0.2) is 11.8 Å². The number of aliphatic hydroxyl groups is 1. The highest BCUT2D eigenvalue weighted by molar-refractivity contribution is 6.00. The van der Waals surface area contributed by atoms with Gasteiger partial charge in [-0.1, -0.05) is 67.2 Å². The molecular weight excluding hydrogens is 537 g/mol. The number of fused-ring (bicyclic) bond motifs is 1. The van der Waals surface area contributed by atoms with Crippen LogP contribution in [0.4, 0.5) is 4.39 Å². The first-order valence-corrected chi connectivity index (χ1v) is 13.8. The average molecular weight is 572 g/mol. The predicted octanol–water partition coefficient (Wildman–Crippen LogP) is 3.64. The number of likely N-dealkylation sites (tertiary alicyclic amines) is 1. The first-order chi connectivity index (χ1) is 20.0. The summed E-state index contributed by atoms with van der Waals surface area (Å²) in [6.45, 7) is 9.27. The van der Waals surface area contributed by atoms with Crippen LogP contribution in [0.5, 0.6) is 0 Å². The molecule has 3 amide bonds. The number of nitrogens with one attached hydrogen (secondary N) is 1. The Bertz CT molecular complexity index is 1540. The van der Waals surface area contributed by atoms with Crippen LogP contribution < -0.4 is 5.32 Å². The minimum Gasteiger partial charge on any atom is -0.381 e. The van der Waals surface area contributed by atoms with Crippen LogP contribution in [0, 0.1) is 19.7 Å². The molecule has 8 nitrogen and oxygen atoms in total. The molecule has 2 aliphatic heterocycles. The number of rotatable bonds is 8. The Balaban J connectivity index is 1.40. The molecule has 2 aliphatic rings. The SMILES string of the molecule is C=C1C(=O)N(Cc2ccccc2C)C2(C)OCN(C(=O)[C@@H](O)[C@H](Cc3ccccc3)NC(=O)c3cccc(F)c3C)[C@H]12. The van der Waals surface area contributed by atoms with Crippen LogP contribution in [0.2, 0.25) is 0 Å². The maximum Gasteiger partial charge on any atom is 0.256 e. The molecule has 5 rings (SSSR count). The Labute approximate surface area is 244 Å². The van der Waals surface area contributed by atoms with Crippen LogP contribution in [0.25, 0.3) is 0 Å². The zero-order valence-corrected chi connectivity index (χ0v) is 23.8. The van der Waals surface area contributed by atoms with E-state index < -0.39 is 41.5 Å².